The van der Waals surface area contributed by atoms with E-state index >= 15 is 0 Å². The van der Waals surface area contributed by atoms with Crippen molar-refractivity contribution in [3.8, 4) is 0 Å². The van der Waals surface area contributed by atoms with Gasteiger partial charge in [0.05, 0.1) is 12.7 Å². The number of ether oxygens (including phenoxy) is 7. The number of hydrogen-bond donors (Lipinski definition) is 0. The van der Waals surface area contributed by atoms with Crippen molar-refractivity contribution in [2.45, 2.75) is 108 Å². The Balaban J connectivity index is 1.39. The molecule has 8 atom stereocenters. The summed E-state index contributed by atoms with van der Waals surface area (Å²) in [5.41, 5.74) is 0. The van der Waals surface area contributed by atoms with Gasteiger partial charge in [-0.2, -0.15) is 0 Å². The average Bonchev–Trinajstić information content (AvgIpc) is 3.06. The third-order valence-corrected chi connectivity index (χ3v) is 5.97. The average molecular weight is 402 g/mol. The molecule has 4 aliphatic heterocycles. The highest BCUT2D eigenvalue weighted by Crippen LogP contribution is 2.44. The lowest BCUT2D eigenvalue weighted by Crippen LogP contribution is -2.56. The quantitative estimate of drug-likeness (QED) is 0.707. The lowest BCUT2D eigenvalue weighted by molar-refractivity contribution is -0.266. The molecule has 4 saturated heterocycles. The third-order valence-electron chi connectivity index (χ3n) is 5.97. The van der Waals surface area contributed by atoms with Crippen molar-refractivity contribution >= 4 is 0 Å². The van der Waals surface area contributed by atoms with Crippen LogP contribution < -0.4 is 0 Å². The van der Waals surface area contributed by atoms with Crippen molar-refractivity contribution < 1.29 is 33.2 Å². The van der Waals surface area contributed by atoms with Gasteiger partial charge in [-0.3, -0.25) is 0 Å². The minimum atomic E-state index is -0.713. The zero-order valence-electron chi connectivity index (χ0n) is 18.0. The molecule has 8 nitrogen and oxygen atoms in total. The summed E-state index contributed by atoms with van der Waals surface area (Å²) in [6.45, 7) is 10.0. The van der Waals surface area contributed by atoms with Crippen molar-refractivity contribution in [3.63, 3.8) is 0 Å². The monoisotopic (exact) mass is 401 g/mol. The molecular weight excluding hydrogens is 366 g/mol. The van der Waals surface area contributed by atoms with Gasteiger partial charge >= 0.3 is 0 Å². The van der Waals surface area contributed by atoms with Gasteiger partial charge in [-0.25, -0.2) is 0 Å². The summed E-state index contributed by atoms with van der Waals surface area (Å²) in [6, 6.07) is 0.412. The summed E-state index contributed by atoms with van der Waals surface area (Å²) in [4.78, 5) is 2.21. The number of nitrogens with zero attached hydrogens (tertiary/aromatic N) is 1. The largest absolute Gasteiger partial charge is 0.350 e. The van der Waals surface area contributed by atoms with E-state index in [9.17, 15) is 0 Å². The maximum absolute atomic E-state index is 6.19. The summed E-state index contributed by atoms with van der Waals surface area (Å²) in [5.74, 6) is -1.41. The van der Waals surface area contributed by atoms with Gasteiger partial charge < -0.3 is 38.1 Å². The molecule has 28 heavy (non-hydrogen) atoms. The minimum absolute atomic E-state index is 0.121. The standard InChI is InChI=1S/C20H35NO7/c1-11-12(21(6)7)8-9-14(23-11)22-10-13-15-16(26-19(2,3)25-15)17-18(24-13)28-20(4,5)27-17/h11-18H,8-10H2,1-7H3. The van der Waals surface area contributed by atoms with E-state index in [1.807, 2.05) is 27.7 Å². The Morgan fingerprint density at radius 1 is 0.857 bits per heavy atom. The summed E-state index contributed by atoms with van der Waals surface area (Å²) in [6.07, 6.45) is 0.133. The normalized spacial score (nSPS) is 47.1. The van der Waals surface area contributed by atoms with Crippen molar-refractivity contribution in [2.24, 2.45) is 0 Å². The van der Waals surface area contributed by atoms with Crippen LogP contribution in [0.4, 0.5) is 0 Å². The van der Waals surface area contributed by atoms with Crippen molar-refractivity contribution in [1.29, 1.82) is 0 Å². The molecule has 0 saturated carbocycles. The molecule has 162 valence electrons. The molecule has 4 rings (SSSR count). The van der Waals surface area contributed by atoms with Gasteiger partial charge in [0.25, 0.3) is 0 Å². The molecule has 4 fully saturated rings. The van der Waals surface area contributed by atoms with E-state index in [4.69, 9.17) is 33.2 Å². The third kappa shape index (κ3) is 4.11. The van der Waals surface area contributed by atoms with Crippen LogP contribution in [0.3, 0.4) is 0 Å². The zero-order chi connectivity index (χ0) is 20.3. The van der Waals surface area contributed by atoms with Crippen LogP contribution in [0, 0.1) is 0 Å². The van der Waals surface area contributed by atoms with Gasteiger partial charge in [0.2, 0.25) is 0 Å². The number of fused-ring (bicyclic) bond motifs is 3. The summed E-state index contributed by atoms with van der Waals surface area (Å²) in [7, 11) is 4.17. The Morgan fingerprint density at radius 2 is 1.50 bits per heavy atom. The van der Waals surface area contributed by atoms with Crippen LogP contribution in [0.15, 0.2) is 0 Å². The van der Waals surface area contributed by atoms with Gasteiger partial charge in [-0.1, -0.05) is 0 Å². The lowest BCUT2D eigenvalue weighted by Gasteiger charge is -2.40. The fourth-order valence-electron chi connectivity index (χ4n) is 4.77. The Kier molecular flexibility index (Phi) is 5.55. The van der Waals surface area contributed by atoms with Crippen molar-refractivity contribution in [1.82, 2.24) is 4.90 Å². The van der Waals surface area contributed by atoms with E-state index in [0.717, 1.165) is 12.8 Å². The van der Waals surface area contributed by atoms with Crippen LogP contribution >= 0.6 is 0 Å². The van der Waals surface area contributed by atoms with Crippen LogP contribution in [0.2, 0.25) is 0 Å². The number of hydrogen-bond acceptors (Lipinski definition) is 8. The topological polar surface area (TPSA) is 67.9 Å². The molecule has 4 heterocycles. The van der Waals surface area contributed by atoms with Gasteiger partial charge in [-0.05, 0) is 61.6 Å². The zero-order valence-corrected chi connectivity index (χ0v) is 18.0. The predicted molar refractivity (Wildman–Crippen MR) is 99.5 cm³/mol. The summed E-state index contributed by atoms with van der Waals surface area (Å²) < 4.78 is 42.6. The van der Waals surface area contributed by atoms with Crippen LogP contribution in [-0.2, 0) is 33.2 Å². The molecule has 0 aromatic heterocycles. The molecule has 0 radical (unpaired) electrons. The second kappa shape index (κ2) is 7.42. The molecular formula is C20H35NO7. The number of likely N-dealkylation sites (N-methyl/N-ethyl adjacent to an activating group) is 1. The fourth-order valence-corrected chi connectivity index (χ4v) is 4.77. The Labute approximate surface area is 167 Å². The first kappa shape index (κ1) is 20.9. The van der Waals surface area contributed by atoms with Gasteiger partial charge in [0, 0.05) is 6.04 Å². The fraction of sp³-hybridized carbons (Fsp3) is 1.00. The molecule has 0 aliphatic carbocycles. The highest BCUT2D eigenvalue weighted by atomic mass is 16.9. The Bertz CT molecular complexity index is 569. The van der Waals surface area contributed by atoms with E-state index in [1.54, 1.807) is 0 Å². The highest BCUT2D eigenvalue weighted by Gasteiger charge is 2.60. The van der Waals surface area contributed by atoms with Crippen molar-refractivity contribution in [3.05, 3.63) is 0 Å². The van der Waals surface area contributed by atoms with E-state index in [1.165, 1.54) is 0 Å². The molecule has 0 aromatic rings. The second-order valence-corrected chi connectivity index (χ2v) is 9.42. The van der Waals surface area contributed by atoms with Gasteiger partial charge in [0.1, 0.15) is 24.4 Å². The van der Waals surface area contributed by atoms with Crippen LogP contribution in [-0.4, -0.2) is 86.3 Å². The molecule has 4 aliphatic rings. The molecule has 0 spiro atoms. The Hall–Kier alpha value is -0.320. The highest BCUT2D eigenvalue weighted by molar-refractivity contribution is 5.00. The van der Waals surface area contributed by atoms with Crippen LogP contribution in [0.5, 0.6) is 0 Å². The van der Waals surface area contributed by atoms with Crippen LogP contribution in [0.25, 0.3) is 0 Å². The van der Waals surface area contributed by atoms with Crippen molar-refractivity contribution in [2.75, 3.05) is 20.7 Å². The maximum atomic E-state index is 6.19. The molecule has 0 aromatic carbocycles. The Morgan fingerprint density at radius 3 is 2.18 bits per heavy atom. The smallest absolute Gasteiger partial charge is 0.190 e. The minimum Gasteiger partial charge on any atom is -0.350 e. The van der Waals surface area contributed by atoms with E-state index in [2.05, 4.69) is 25.9 Å². The molecule has 0 bridgehead atoms. The molecule has 0 N–H and O–H groups in total. The molecule has 8 unspecified atom stereocenters. The SMILES string of the molecule is CC1OC(OCC2OC3OC(C)(C)OC3C3OC(C)(C)OC23)CCC1N(C)C. The van der Waals surface area contributed by atoms with Gasteiger partial charge in [0.15, 0.2) is 24.2 Å². The maximum Gasteiger partial charge on any atom is 0.190 e. The van der Waals surface area contributed by atoms with Gasteiger partial charge in [-0.15, -0.1) is 0 Å². The first-order valence-corrected chi connectivity index (χ1v) is 10.3. The summed E-state index contributed by atoms with van der Waals surface area (Å²) in [5, 5.41) is 0. The first-order chi connectivity index (χ1) is 13.0. The summed E-state index contributed by atoms with van der Waals surface area (Å²) >= 11 is 0. The predicted octanol–water partition coefficient (Wildman–Crippen LogP) is 1.85. The van der Waals surface area contributed by atoms with E-state index in [-0.39, 0.29) is 36.8 Å². The molecule has 8 heteroatoms. The number of rotatable bonds is 4. The van der Waals surface area contributed by atoms with E-state index < -0.39 is 17.9 Å². The van der Waals surface area contributed by atoms with E-state index in [0.29, 0.717) is 12.6 Å². The van der Waals surface area contributed by atoms with Crippen LogP contribution in [0.1, 0.15) is 47.5 Å². The molecule has 0 amide bonds. The lowest BCUT2D eigenvalue weighted by atomic mass is 9.99. The first-order valence-electron chi connectivity index (χ1n) is 10.3. The second-order valence-electron chi connectivity index (χ2n) is 9.42.